The number of aromatic nitrogens is 3. The van der Waals surface area contributed by atoms with Crippen LogP contribution in [0.4, 0.5) is 0 Å². The fraction of sp³-hybridized carbons (Fsp3) is 0.600. The second-order valence-electron chi connectivity index (χ2n) is 9.77. The SMILES string of the molecule is NCC(=O)NC(Cc1ccc(Cl)cc1)C(=O)N1CCC(Cn2cncn2)(C2CCCCC2)CC1. The largest absolute Gasteiger partial charge is 0.343 e. The standard InChI is InChI=1S/C25H35ClN6O2/c26-21-8-6-19(7-9-21)14-22(30-23(33)15-27)24(34)31-12-10-25(11-13-31,16-32-18-28-17-29-32)20-4-2-1-3-5-20/h6-9,17-18,20,22H,1-5,10-16,27H2,(H,30,33). The van der Waals surface area contributed by atoms with Crippen LogP contribution in [0.1, 0.15) is 50.5 Å². The van der Waals surface area contributed by atoms with Gasteiger partial charge in [-0.05, 0) is 54.7 Å². The predicted molar refractivity (Wildman–Crippen MR) is 131 cm³/mol. The zero-order chi connectivity index (χ0) is 24.0. The van der Waals surface area contributed by atoms with Crippen LogP contribution in [-0.4, -0.2) is 57.2 Å². The molecule has 9 heteroatoms. The first-order valence-electron chi connectivity index (χ1n) is 12.3. The van der Waals surface area contributed by atoms with Gasteiger partial charge in [0.15, 0.2) is 0 Å². The van der Waals surface area contributed by atoms with Gasteiger partial charge in [-0.2, -0.15) is 5.10 Å². The van der Waals surface area contributed by atoms with Gasteiger partial charge in [-0.3, -0.25) is 14.3 Å². The average molecular weight is 487 g/mol. The third-order valence-corrected chi connectivity index (χ3v) is 7.91. The van der Waals surface area contributed by atoms with E-state index in [2.05, 4.69) is 15.4 Å². The van der Waals surface area contributed by atoms with Gasteiger partial charge in [-0.1, -0.05) is 43.0 Å². The van der Waals surface area contributed by atoms with Crippen molar-refractivity contribution in [1.29, 1.82) is 0 Å². The lowest BCUT2D eigenvalue weighted by Gasteiger charge is -2.48. The topological polar surface area (TPSA) is 106 Å². The lowest BCUT2D eigenvalue weighted by Crippen LogP contribution is -2.55. The molecule has 0 radical (unpaired) electrons. The van der Waals surface area contributed by atoms with E-state index in [0.717, 1.165) is 24.9 Å². The second-order valence-corrected chi connectivity index (χ2v) is 10.2. The van der Waals surface area contributed by atoms with E-state index in [0.29, 0.717) is 30.5 Å². The van der Waals surface area contributed by atoms with E-state index in [4.69, 9.17) is 17.3 Å². The Morgan fingerprint density at radius 3 is 2.47 bits per heavy atom. The molecule has 2 amide bonds. The second kappa shape index (κ2) is 11.3. The van der Waals surface area contributed by atoms with E-state index >= 15 is 0 Å². The first-order valence-corrected chi connectivity index (χ1v) is 12.7. The fourth-order valence-electron chi connectivity index (χ4n) is 5.75. The molecule has 34 heavy (non-hydrogen) atoms. The predicted octanol–water partition coefficient (Wildman–Crippen LogP) is 2.81. The summed E-state index contributed by atoms with van der Waals surface area (Å²) in [4.78, 5) is 31.7. The van der Waals surface area contributed by atoms with Gasteiger partial charge < -0.3 is 16.0 Å². The van der Waals surface area contributed by atoms with Crippen molar-refractivity contribution in [3.8, 4) is 0 Å². The molecule has 1 aliphatic heterocycles. The Balaban J connectivity index is 1.46. The molecule has 1 unspecified atom stereocenters. The van der Waals surface area contributed by atoms with E-state index in [-0.39, 0.29) is 23.8 Å². The van der Waals surface area contributed by atoms with Crippen LogP contribution in [0.3, 0.4) is 0 Å². The minimum Gasteiger partial charge on any atom is -0.343 e. The molecule has 2 fully saturated rings. The van der Waals surface area contributed by atoms with Gasteiger partial charge in [0.2, 0.25) is 11.8 Å². The van der Waals surface area contributed by atoms with E-state index in [9.17, 15) is 9.59 Å². The van der Waals surface area contributed by atoms with Crippen molar-refractivity contribution in [3.05, 3.63) is 47.5 Å². The molecular weight excluding hydrogens is 452 g/mol. The number of likely N-dealkylation sites (tertiary alicyclic amines) is 1. The van der Waals surface area contributed by atoms with Gasteiger partial charge in [0.1, 0.15) is 18.7 Å². The quantitative estimate of drug-likeness (QED) is 0.596. The highest BCUT2D eigenvalue weighted by atomic mass is 35.5. The molecule has 1 saturated heterocycles. The molecule has 0 bridgehead atoms. The molecule has 3 N–H and O–H groups in total. The number of rotatable bonds is 8. The smallest absolute Gasteiger partial charge is 0.245 e. The van der Waals surface area contributed by atoms with E-state index in [1.54, 1.807) is 24.8 Å². The molecule has 1 aromatic heterocycles. The number of hydrogen-bond acceptors (Lipinski definition) is 5. The van der Waals surface area contributed by atoms with Crippen molar-refractivity contribution in [2.24, 2.45) is 17.1 Å². The number of hydrogen-bond donors (Lipinski definition) is 2. The Labute approximate surface area is 206 Å². The maximum Gasteiger partial charge on any atom is 0.245 e. The normalized spacial score (nSPS) is 19.5. The number of amides is 2. The van der Waals surface area contributed by atoms with Crippen LogP contribution in [0, 0.1) is 11.3 Å². The molecular formula is C25H35ClN6O2. The van der Waals surface area contributed by atoms with Crippen molar-refractivity contribution in [2.45, 2.75) is 64.0 Å². The van der Waals surface area contributed by atoms with Crippen LogP contribution in [0.25, 0.3) is 0 Å². The summed E-state index contributed by atoms with van der Waals surface area (Å²) in [5, 5.41) is 7.86. The molecule has 1 aromatic carbocycles. The summed E-state index contributed by atoms with van der Waals surface area (Å²) in [6.45, 7) is 2.06. The van der Waals surface area contributed by atoms with Gasteiger partial charge in [0, 0.05) is 31.1 Å². The summed E-state index contributed by atoms with van der Waals surface area (Å²) in [5.41, 5.74) is 6.59. The molecule has 2 aromatic rings. The molecule has 0 spiro atoms. The van der Waals surface area contributed by atoms with Crippen LogP contribution in [0.2, 0.25) is 5.02 Å². The molecule has 1 atom stereocenters. The van der Waals surface area contributed by atoms with Gasteiger partial charge in [-0.25, -0.2) is 4.98 Å². The Hall–Kier alpha value is -2.45. The number of benzene rings is 1. The summed E-state index contributed by atoms with van der Waals surface area (Å²) in [7, 11) is 0. The number of nitrogens with zero attached hydrogens (tertiary/aromatic N) is 4. The van der Waals surface area contributed by atoms with Crippen LogP contribution in [-0.2, 0) is 22.6 Å². The van der Waals surface area contributed by atoms with Crippen LogP contribution in [0.15, 0.2) is 36.9 Å². The first-order chi connectivity index (χ1) is 16.5. The highest BCUT2D eigenvalue weighted by Gasteiger charge is 2.43. The van der Waals surface area contributed by atoms with Crippen LogP contribution < -0.4 is 11.1 Å². The first kappa shape index (κ1) is 24.7. The maximum atomic E-state index is 13.5. The maximum absolute atomic E-state index is 13.5. The number of piperidine rings is 1. The van der Waals surface area contributed by atoms with Gasteiger partial charge in [0.25, 0.3) is 0 Å². The van der Waals surface area contributed by atoms with Crippen molar-refractivity contribution < 1.29 is 9.59 Å². The third kappa shape index (κ3) is 5.96. The minimum atomic E-state index is -0.644. The third-order valence-electron chi connectivity index (χ3n) is 7.66. The Morgan fingerprint density at radius 2 is 1.85 bits per heavy atom. The Kier molecular flexibility index (Phi) is 8.21. The minimum absolute atomic E-state index is 0.0465. The number of carbonyl (C=O) groups excluding carboxylic acids is 2. The van der Waals surface area contributed by atoms with Gasteiger partial charge in [-0.15, -0.1) is 0 Å². The van der Waals surface area contributed by atoms with E-state index in [1.165, 1.54) is 32.1 Å². The molecule has 2 aliphatic rings. The van der Waals surface area contributed by atoms with Crippen molar-refractivity contribution in [2.75, 3.05) is 19.6 Å². The highest BCUT2D eigenvalue weighted by molar-refractivity contribution is 6.30. The van der Waals surface area contributed by atoms with E-state index < -0.39 is 6.04 Å². The van der Waals surface area contributed by atoms with Gasteiger partial charge >= 0.3 is 0 Å². The summed E-state index contributed by atoms with van der Waals surface area (Å²) in [5.74, 6) is 0.270. The zero-order valence-corrected chi connectivity index (χ0v) is 20.4. The van der Waals surface area contributed by atoms with Crippen LogP contribution in [0.5, 0.6) is 0 Å². The Morgan fingerprint density at radius 1 is 1.15 bits per heavy atom. The molecule has 8 nitrogen and oxygen atoms in total. The molecule has 1 aliphatic carbocycles. The van der Waals surface area contributed by atoms with Crippen molar-refractivity contribution in [1.82, 2.24) is 25.0 Å². The summed E-state index contributed by atoms with van der Waals surface area (Å²) >= 11 is 6.01. The van der Waals surface area contributed by atoms with E-state index in [1.807, 2.05) is 21.7 Å². The average Bonchev–Trinajstić information content (AvgIpc) is 3.38. The van der Waals surface area contributed by atoms with Crippen LogP contribution >= 0.6 is 11.6 Å². The number of nitrogens with two attached hydrogens (primary N) is 1. The monoisotopic (exact) mass is 486 g/mol. The summed E-state index contributed by atoms with van der Waals surface area (Å²) < 4.78 is 1.96. The molecule has 184 valence electrons. The van der Waals surface area contributed by atoms with Crippen molar-refractivity contribution in [3.63, 3.8) is 0 Å². The fourth-order valence-corrected chi connectivity index (χ4v) is 5.88. The number of halogens is 1. The van der Waals surface area contributed by atoms with Crippen molar-refractivity contribution >= 4 is 23.4 Å². The summed E-state index contributed by atoms with van der Waals surface area (Å²) in [6.07, 6.45) is 12.0. The number of nitrogens with one attached hydrogen (secondary N) is 1. The summed E-state index contributed by atoms with van der Waals surface area (Å²) in [6, 6.07) is 6.73. The van der Waals surface area contributed by atoms with Gasteiger partial charge in [0.05, 0.1) is 6.54 Å². The molecule has 4 rings (SSSR count). The lowest BCUT2D eigenvalue weighted by molar-refractivity contribution is -0.139. The highest BCUT2D eigenvalue weighted by Crippen LogP contribution is 2.47. The lowest BCUT2D eigenvalue weighted by atomic mass is 9.63. The number of carbonyl (C=O) groups is 2. The molecule has 2 heterocycles. The Bertz CT molecular complexity index is 935. The zero-order valence-electron chi connectivity index (χ0n) is 19.7. The molecule has 1 saturated carbocycles.